The molecule has 1 saturated heterocycles. The van der Waals surface area contributed by atoms with Gasteiger partial charge in [-0.2, -0.15) is 0 Å². The average molecular weight is 285 g/mol. The fraction of sp³-hybridized carbons (Fsp3) is 0.375. The van der Waals surface area contributed by atoms with Gasteiger partial charge in [0.2, 0.25) is 0 Å². The van der Waals surface area contributed by atoms with Gasteiger partial charge in [0.1, 0.15) is 4.99 Å². The second-order valence-electron chi connectivity index (χ2n) is 5.30. The zero-order valence-electron chi connectivity index (χ0n) is 11.5. The summed E-state index contributed by atoms with van der Waals surface area (Å²) in [5.41, 5.74) is 9.00. The predicted molar refractivity (Wildman–Crippen MR) is 88.3 cm³/mol. The minimum absolute atomic E-state index is 0.433. The van der Waals surface area contributed by atoms with Gasteiger partial charge >= 0.3 is 0 Å². The van der Waals surface area contributed by atoms with Crippen LogP contribution in [-0.4, -0.2) is 23.1 Å². The number of hydrogen-bond donors (Lipinski definition) is 1. The highest BCUT2D eigenvalue weighted by molar-refractivity contribution is 7.80. The van der Waals surface area contributed by atoms with E-state index in [1.807, 2.05) is 18.3 Å². The van der Waals surface area contributed by atoms with Crippen molar-refractivity contribution in [2.75, 3.05) is 18.0 Å². The summed E-state index contributed by atoms with van der Waals surface area (Å²) in [7, 11) is 0. The molecular formula is C16H19N3S. The first-order valence-corrected chi connectivity index (χ1v) is 7.60. The molecule has 2 N–H and O–H groups in total. The summed E-state index contributed by atoms with van der Waals surface area (Å²) in [6.45, 7) is 2.15. The summed E-state index contributed by atoms with van der Waals surface area (Å²) in [4.78, 5) is 7.36. The quantitative estimate of drug-likeness (QED) is 0.860. The van der Waals surface area contributed by atoms with E-state index < -0.39 is 0 Å². The summed E-state index contributed by atoms with van der Waals surface area (Å²) in [6.07, 6.45) is 6.90. The van der Waals surface area contributed by atoms with E-state index in [4.69, 9.17) is 18.0 Å². The Morgan fingerprint density at radius 3 is 2.50 bits per heavy atom. The van der Waals surface area contributed by atoms with Crippen molar-refractivity contribution in [3.05, 3.63) is 36.0 Å². The molecule has 104 valence electrons. The van der Waals surface area contributed by atoms with Crippen molar-refractivity contribution in [1.82, 2.24) is 4.98 Å². The third-order valence-electron chi connectivity index (χ3n) is 3.93. The smallest absolute Gasteiger partial charge is 0.107 e. The lowest BCUT2D eigenvalue weighted by Crippen LogP contribution is -2.27. The summed E-state index contributed by atoms with van der Waals surface area (Å²) in [5, 5.41) is 1.15. The van der Waals surface area contributed by atoms with Gasteiger partial charge in [-0.3, -0.25) is 4.98 Å². The number of nitrogens with zero attached hydrogens (tertiary/aromatic N) is 2. The van der Waals surface area contributed by atoms with E-state index in [1.54, 1.807) is 0 Å². The lowest BCUT2D eigenvalue weighted by atomic mass is 10.1. The van der Waals surface area contributed by atoms with Crippen LogP contribution in [0.25, 0.3) is 10.9 Å². The second kappa shape index (κ2) is 5.75. The maximum Gasteiger partial charge on any atom is 0.107 e. The highest BCUT2D eigenvalue weighted by Gasteiger charge is 2.18. The van der Waals surface area contributed by atoms with Crippen LogP contribution in [0.15, 0.2) is 30.5 Å². The highest BCUT2D eigenvalue weighted by Crippen LogP contribution is 2.31. The first-order valence-electron chi connectivity index (χ1n) is 7.20. The molecule has 0 spiro atoms. The van der Waals surface area contributed by atoms with E-state index in [0.29, 0.717) is 4.99 Å². The number of fused-ring (bicyclic) bond motifs is 1. The zero-order valence-corrected chi connectivity index (χ0v) is 12.3. The molecular weight excluding hydrogens is 266 g/mol. The van der Waals surface area contributed by atoms with Crippen LogP contribution in [0.3, 0.4) is 0 Å². The molecule has 3 nitrogen and oxygen atoms in total. The molecule has 2 aromatic rings. The number of hydrogen-bond acceptors (Lipinski definition) is 3. The van der Waals surface area contributed by atoms with Crippen molar-refractivity contribution in [2.24, 2.45) is 5.73 Å². The molecule has 4 heteroatoms. The van der Waals surface area contributed by atoms with Gasteiger partial charge in [0.15, 0.2) is 0 Å². The Labute approximate surface area is 124 Å². The van der Waals surface area contributed by atoms with E-state index >= 15 is 0 Å². The van der Waals surface area contributed by atoms with Gasteiger partial charge in [-0.1, -0.05) is 43.3 Å². The Morgan fingerprint density at radius 2 is 1.80 bits per heavy atom. The molecule has 1 aromatic carbocycles. The third kappa shape index (κ3) is 2.48. The number of benzene rings is 1. The fourth-order valence-corrected chi connectivity index (χ4v) is 3.09. The molecule has 3 rings (SSSR count). The number of pyridine rings is 1. The second-order valence-corrected chi connectivity index (χ2v) is 5.74. The van der Waals surface area contributed by atoms with Crippen molar-refractivity contribution < 1.29 is 0 Å². The minimum Gasteiger partial charge on any atom is -0.389 e. The van der Waals surface area contributed by atoms with Crippen molar-refractivity contribution in [1.29, 1.82) is 0 Å². The highest BCUT2D eigenvalue weighted by atomic mass is 32.1. The number of rotatable bonds is 2. The molecule has 0 radical (unpaired) electrons. The normalized spacial score (nSPS) is 16.1. The van der Waals surface area contributed by atoms with Crippen LogP contribution in [0.1, 0.15) is 31.2 Å². The predicted octanol–water partition coefficient (Wildman–Crippen LogP) is 3.25. The molecule has 0 saturated carbocycles. The molecule has 0 unspecified atom stereocenters. The molecule has 0 aliphatic carbocycles. The molecule has 1 aromatic heterocycles. The first-order chi connectivity index (χ1) is 9.77. The summed E-state index contributed by atoms with van der Waals surface area (Å²) < 4.78 is 0. The van der Waals surface area contributed by atoms with Gasteiger partial charge in [-0.15, -0.1) is 0 Å². The van der Waals surface area contributed by atoms with Crippen LogP contribution in [0.2, 0.25) is 0 Å². The first kappa shape index (κ1) is 13.3. The zero-order chi connectivity index (χ0) is 13.9. The van der Waals surface area contributed by atoms with E-state index in [1.165, 1.54) is 31.4 Å². The number of para-hydroxylation sites is 1. The molecule has 0 amide bonds. The van der Waals surface area contributed by atoms with Crippen molar-refractivity contribution >= 4 is 33.8 Å². The number of aromatic nitrogens is 1. The Bertz CT molecular complexity index is 631. The summed E-state index contributed by atoms with van der Waals surface area (Å²) in [6, 6.07) is 8.22. The van der Waals surface area contributed by atoms with Gasteiger partial charge in [0.05, 0.1) is 16.8 Å². The van der Waals surface area contributed by atoms with Crippen LogP contribution in [0.5, 0.6) is 0 Å². The number of nitrogens with two attached hydrogens (primary N) is 1. The van der Waals surface area contributed by atoms with Gasteiger partial charge in [-0.25, -0.2) is 0 Å². The van der Waals surface area contributed by atoms with Crippen molar-refractivity contribution in [3.63, 3.8) is 0 Å². The number of thiocarbonyl (C=S) groups is 1. The standard InChI is InChI=1S/C16H19N3S/c17-16(20)13-11-18-14-8-4-3-7-12(14)15(13)19-9-5-1-2-6-10-19/h3-4,7-8,11H,1-2,5-6,9-10H2,(H2,17,20). The number of anilines is 1. The Morgan fingerprint density at radius 1 is 1.10 bits per heavy atom. The topological polar surface area (TPSA) is 42.1 Å². The Kier molecular flexibility index (Phi) is 3.83. The van der Waals surface area contributed by atoms with Gasteiger partial charge < -0.3 is 10.6 Å². The van der Waals surface area contributed by atoms with E-state index in [9.17, 15) is 0 Å². The maximum atomic E-state index is 5.92. The summed E-state index contributed by atoms with van der Waals surface area (Å²) in [5.74, 6) is 0. The maximum absolute atomic E-state index is 5.92. The summed E-state index contributed by atoms with van der Waals surface area (Å²) >= 11 is 5.23. The van der Waals surface area contributed by atoms with Gasteiger partial charge in [0.25, 0.3) is 0 Å². The van der Waals surface area contributed by atoms with Gasteiger partial charge in [0, 0.05) is 24.7 Å². The molecule has 1 fully saturated rings. The molecule has 1 aliphatic rings. The molecule has 1 aliphatic heterocycles. The van der Waals surface area contributed by atoms with Gasteiger partial charge in [-0.05, 0) is 18.9 Å². The minimum atomic E-state index is 0.433. The third-order valence-corrected chi connectivity index (χ3v) is 4.15. The molecule has 0 bridgehead atoms. The Hall–Kier alpha value is -1.68. The van der Waals surface area contributed by atoms with Crippen molar-refractivity contribution in [3.8, 4) is 0 Å². The average Bonchev–Trinajstić information content (AvgIpc) is 2.74. The molecule has 0 atom stereocenters. The monoisotopic (exact) mass is 285 g/mol. The lowest BCUT2D eigenvalue weighted by molar-refractivity contribution is 0.726. The van der Waals surface area contributed by atoms with Crippen LogP contribution in [0, 0.1) is 0 Å². The van der Waals surface area contributed by atoms with E-state index in [0.717, 1.165) is 29.6 Å². The fourth-order valence-electron chi connectivity index (χ4n) is 2.94. The van der Waals surface area contributed by atoms with E-state index in [-0.39, 0.29) is 0 Å². The molecule has 20 heavy (non-hydrogen) atoms. The van der Waals surface area contributed by atoms with E-state index in [2.05, 4.69) is 22.0 Å². The van der Waals surface area contributed by atoms with Crippen LogP contribution in [0.4, 0.5) is 5.69 Å². The largest absolute Gasteiger partial charge is 0.389 e. The van der Waals surface area contributed by atoms with Crippen LogP contribution in [-0.2, 0) is 0 Å². The Balaban J connectivity index is 2.18. The van der Waals surface area contributed by atoms with Crippen LogP contribution >= 0.6 is 12.2 Å². The molecule has 2 heterocycles. The van der Waals surface area contributed by atoms with Crippen molar-refractivity contribution in [2.45, 2.75) is 25.7 Å². The lowest BCUT2D eigenvalue weighted by Gasteiger charge is -2.26. The SMILES string of the molecule is NC(=S)c1cnc2ccccc2c1N1CCCCCC1. The van der Waals surface area contributed by atoms with Crippen LogP contribution < -0.4 is 10.6 Å².